The van der Waals surface area contributed by atoms with Crippen molar-refractivity contribution in [2.75, 3.05) is 0 Å². The van der Waals surface area contributed by atoms with E-state index in [4.69, 9.17) is 0 Å². The second-order valence-corrected chi connectivity index (χ2v) is 1.00. The molecule has 0 atom stereocenters. The van der Waals surface area contributed by atoms with Crippen LogP contribution in [0.25, 0.3) is 0 Å². The molecule has 0 nitrogen and oxygen atoms in total. The van der Waals surface area contributed by atoms with Crippen LogP contribution in [0.15, 0.2) is 18.2 Å². The number of allylic oxidation sites excluding steroid dienone is 4. The van der Waals surface area contributed by atoms with Crippen LogP contribution in [-0.4, -0.2) is 0 Å². The zero-order valence-electron chi connectivity index (χ0n) is 4.52. The topological polar surface area (TPSA) is 0 Å². The Morgan fingerprint density at radius 3 is 1.78 bits per heavy atom. The molecule has 0 saturated carbocycles. The monoisotopic (exact) mass is 221 g/mol. The van der Waals surface area contributed by atoms with E-state index in [0.29, 0.717) is 0 Å². The molecule has 0 aromatic heterocycles. The molecular formula is C5H5Cl3V. The Kier molecular flexibility index (Phi) is 40.0. The maximum absolute atomic E-state index is 2.99. The average Bonchev–Trinajstić information content (AvgIpc) is 1.76. The molecule has 0 bridgehead atoms. The van der Waals surface area contributed by atoms with Crippen LogP contribution in [0.5, 0.6) is 0 Å². The molecule has 0 aromatic carbocycles. The molecule has 51 valence electrons. The fourth-order valence-electron chi connectivity index (χ4n) is 0.340. The van der Waals surface area contributed by atoms with Crippen molar-refractivity contribution in [3.63, 3.8) is 0 Å². The molecule has 4 heteroatoms. The van der Waals surface area contributed by atoms with Crippen LogP contribution in [-0.2, 0) is 18.6 Å². The maximum Gasteiger partial charge on any atom is 4.00 e. The first kappa shape index (κ1) is 22.5. The van der Waals surface area contributed by atoms with Gasteiger partial charge in [-0.3, -0.25) is 6.08 Å². The van der Waals surface area contributed by atoms with Crippen molar-refractivity contribution in [2.24, 2.45) is 0 Å². The van der Waals surface area contributed by atoms with Crippen molar-refractivity contribution in [3.05, 3.63) is 24.3 Å². The van der Waals surface area contributed by atoms with Gasteiger partial charge >= 0.3 is 18.6 Å². The summed E-state index contributed by atoms with van der Waals surface area (Å²) in [5, 5.41) is 0. The van der Waals surface area contributed by atoms with E-state index < -0.39 is 0 Å². The van der Waals surface area contributed by atoms with E-state index in [-0.39, 0.29) is 55.8 Å². The molecule has 0 unspecified atom stereocenters. The molecule has 1 aliphatic carbocycles. The van der Waals surface area contributed by atoms with Crippen molar-refractivity contribution in [1.29, 1.82) is 0 Å². The number of rotatable bonds is 0. The van der Waals surface area contributed by atoms with Crippen molar-refractivity contribution >= 4 is 0 Å². The molecule has 1 aliphatic rings. The van der Waals surface area contributed by atoms with Crippen LogP contribution < -0.4 is 37.2 Å². The van der Waals surface area contributed by atoms with E-state index in [9.17, 15) is 0 Å². The predicted molar refractivity (Wildman–Crippen MR) is 21.6 cm³/mol. The maximum atomic E-state index is 2.99. The van der Waals surface area contributed by atoms with E-state index in [0.717, 1.165) is 6.42 Å². The SMILES string of the molecule is [C-]1=CC=CC1.[Cl-].[Cl-].[Cl-].[V+4]. The second kappa shape index (κ2) is 16.0. The minimum Gasteiger partial charge on any atom is -1.00 e. The van der Waals surface area contributed by atoms with E-state index in [1.807, 2.05) is 12.2 Å². The minimum atomic E-state index is 0. The number of hydrogen-bond donors (Lipinski definition) is 0. The molecule has 0 fully saturated rings. The normalized spacial score (nSPS) is 9.78. The van der Waals surface area contributed by atoms with Crippen molar-refractivity contribution in [1.82, 2.24) is 0 Å². The van der Waals surface area contributed by atoms with E-state index >= 15 is 0 Å². The summed E-state index contributed by atoms with van der Waals surface area (Å²) in [7, 11) is 0. The van der Waals surface area contributed by atoms with Crippen molar-refractivity contribution in [2.45, 2.75) is 6.42 Å². The molecular weight excluding hydrogens is 217 g/mol. The van der Waals surface area contributed by atoms with Crippen LogP contribution in [0.1, 0.15) is 6.42 Å². The minimum absolute atomic E-state index is 0. The average molecular weight is 222 g/mol. The Hall–Kier alpha value is 0.934. The molecule has 0 aromatic rings. The van der Waals surface area contributed by atoms with Crippen LogP contribution >= 0.6 is 0 Å². The van der Waals surface area contributed by atoms with Crippen LogP contribution in [0.4, 0.5) is 0 Å². The largest absolute Gasteiger partial charge is 4.00 e. The summed E-state index contributed by atoms with van der Waals surface area (Å²) in [6.07, 6.45) is 10.0. The van der Waals surface area contributed by atoms with Gasteiger partial charge in [-0.15, -0.1) is 6.42 Å². The van der Waals surface area contributed by atoms with E-state index in [1.54, 1.807) is 0 Å². The van der Waals surface area contributed by atoms with Gasteiger partial charge in [0.1, 0.15) is 0 Å². The van der Waals surface area contributed by atoms with Gasteiger partial charge in [0.15, 0.2) is 0 Å². The molecule has 0 spiro atoms. The van der Waals surface area contributed by atoms with Gasteiger partial charge in [0, 0.05) is 0 Å². The van der Waals surface area contributed by atoms with Gasteiger partial charge in [-0.1, -0.05) is 0 Å². The van der Waals surface area contributed by atoms with Crippen molar-refractivity contribution in [3.8, 4) is 0 Å². The molecule has 0 aliphatic heterocycles. The van der Waals surface area contributed by atoms with Gasteiger partial charge in [-0.25, -0.2) is 12.2 Å². The first-order valence-corrected chi connectivity index (χ1v) is 1.72. The third-order valence-corrected chi connectivity index (χ3v) is 0.586. The summed E-state index contributed by atoms with van der Waals surface area (Å²) in [5.41, 5.74) is 0. The van der Waals surface area contributed by atoms with Crippen molar-refractivity contribution < 1.29 is 55.8 Å². The summed E-state index contributed by atoms with van der Waals surface area (Å²) >= 11 is 0. The van der Waals surface area contributed by atoms with Gasteiger partial charge < -0.3 is 37.2 Å². The van der Waals surface area contributed by atoms with Crippen LogP contribution in [0, 0.1) is 6.08 Å². The van der Waals surface area contributed by atoms with Crippen LogP contribution in [0.3, 0.4) is 0 Å². The Balaban J connectivity index is -0.0000000312. The zero-order chi connectivity index (χ0) is 3.54. The zero-order valence-corrected chi connectivity index (χ0v) is 8.18. The third-order valence-electron chi connectivity index (χ3n) is 0.586. The molecule has 0 heterocycles. The van der Waals surface area contributed by atoms with Gasteiger partial charge in [0.2, 0.25) is 0 Å². The Bertz CT molecular complexity index is 70.3. The summed E-state index contributed by atoms with van der Waals surface area (Å²) < 4.78 is 0. The fraction of sp³-hybridized carbons (Fsp3) is 0.200. The van der Waals surface area contributed by atoms with Gasteiger partial charge in [0.25, 0.3) is 0 Å². The molecule has 1 radical (unpaired) electrons. The van der Waals surface area contributed by atoms with Gasteiger partial charge in [-0.2, -0.15) is 6.08 Å². The Labute approximate surface area is 86.3 Å². The fourth-order valence-corrected chi connectivity index (χ4v) is 0.340. The third kappa shape index (κ3) is 12.2. The number of hydrogen-bond acceptors (Lipinski definition) is 0. The summed E-state index contributed by atoms with van der Waals surface area (Å²) in [4.78, 5) is 0. The Morgan fingerprint density at radius 1 is 1.11 bits per heavy atom. The quantitative estimate of drug-likeness (QED) is 0.357. The molecule has 0 N–H and O–H groups in total. The molecule has 9 heavy (non-hydrogen) atoms. The van der Waals surface area contributed by atoms with Gasteiger partial charge in [0.05, 0.1) is 0 Å². The Morgan fingerprint density at radius 2 is 1.67 bits per heavy atom. The smallest absolute Gasteiger partial charge is 1.00 e. The number of halogens is 3. The predicted octanol–water partition coefficient (Wildman–Crippen LogP) is -7.68. The summed E-state index contributed by atoms with van der Waals surface area (Å²) in [6, 6.07) is 0. The van der Waals surface area contributed by atoms with E-state index in [2.05, 4.69) is 12.2 Å². The standard InChI is InChI=1S/C5H5.3ClH.V/c1-2-4-5-3-1;;;;/h1-3H,4H2;3*1H;/q-1;;;;+4/p-3. The summed E-state index contributed by atoms with van der Waals surface area (Å²) in [5.74, 6) is 0. The first-order chi connectivity index (χ1) is 2.50. The first-order valence-electron chi connectivity index (χ1n) is 1.72. The molecule has 0 saturated heterocycles. The van der Waals surface area contributed by atoms with E-state index in [1.165, 1.54) is 0 Å². The second-order valence-electron chi connectivity index (χ2n) is 1.00. The molecule has 1 rings (SSSR count). The van der Waals surface area contributed by atoms with Gasteiger partial charge in [-0.05, 0) is 0 Å². The summed E-state index contributed by atoms with van der Waals surface area (Å²) in [6.45, 7) is 0. The molecule has 0 amide bonds. The van der Waals surface area contributed by atoms with Crippen LogP contribution in [0.2, 0.25) is 0 Å².